The van der Waals surface area contributed by atoms with Crippen molar-refractivity contribution >= 4 is 40.9 Å². The number of benzene rings is 3. The van der Waals surface area contributed by atoms with Crippen LogP contribution < -0.4 is 10.6 Å². The maximum Gasteiger partial charge on any atom is 0.255 e. The van der Waals surface area contributed by atoms with Crippen molar-refractivity contribution in [3.63, 3.8) is 0 Å². The first-order valence-corrected chi connectivity index (χ1v) is 13.1. The molecule has 1 amide bonds. The van der Waals surface area contributed by atoms with Gasteiger partial charge >= 0.3 is 0 Å². The molecule has 4 aromatic rings. The topological polar surface area (TPSA) is 71.8 Å². The van der Waals surface area contributed by atoms with Crippen LogP contribution in [-0.2, 0) is 10.5 Å². The fourth-order valence-corrected chi connectivity index (χ4v) is 5.46. The van der Waals surface area contributed by atoms with Gasteiger partial charge in [0.2, 0.25) is 11.1 Å². The molecule has 0 fully saturated rings. The highest BCUT2D eigenvalue weighted by molar-refractivity contribution is 7.98. The minimum absolute atomic E-state index is 0.266. The van der Waals surface area contributed by atoms with Gasteiger partial charge in [-0.05, 0) is 61.7 Å². The van der Waals surface area contributed by atoms with Crippen LogP contribution in [0.1, 0.15) is 35.2 Å². The molecule has 9 heteroatoms. The Morgan fingerprint density at radius 3 is 2.59 bits per heavy atom. The van der Waals surface area contributed by atoms with Gasteiger partial charge in [0, 0.05) is 22.2 Å². The van der Waals surface area contributed by atoms with E-state index in [1.54, 1.807) is 16.8 Å². The van der Waals surface area contributed by atoms with E-state index in [1.165, 1.54) is 23.9 Å². The molecule has 188 valence electrons. The highest BCUT2D eigenvalue weighted by Crippen LogP contribution is 2.37. The summed E-state index contributed by atoms with van der Waals surface area (Å²) >= 11 is 7.76. The molecule has 5 rings (SSSR count). The smallest absolute Gasteiger partial charge is 0.255 e. The standard InChI is InChI=1S/C28H25ClFN5OS/c1-16-8-13-23(17(2)14-16)32-26(36)24-18(3)31-27-33-28(37-15-20-6-4-5-7-22(20)29)34-35(27)25(24)19-9-11-21(30)12-10-19/h4-14,25H,15H2,1-3H3,(H,32,36)(H,31,33,34). The zero-order chi connectivity index (χ0) is 26.1. The second-order valence-electron chi connectivity index (χ2n) is 8.93. The number of aryl methyl sites for hydroxylation is 2. The minimum Gasteiger partial charge on any atom is -0.328 e. The van der Waals surface area contributed by atoms with Crippen molar-refractivity contribution in [3.05, 3.63) is 111 Å². The number of thioether (sulfide) groups is 1. The predicted molar refractivity (Wildman–Crippen MR) is 146 cm³/mol. The Morgan fingerprint density at radius 2 is 1.86 bits per heavy atom. The van der Waals surface area contributed by atoms with E-state index in [9.17, 15) is 9.18 Å². The first-order valence-electron chi connectivity index (χ1n) is 11.7. The van der Waals surface area contributed by atoms with Gasteiger partial charge in [0.05, 0.1) is 5.57 Å². The van der Waals surface area contributed by atoms with Crippen LogP contribution in [0.25, 0.3) is 0 Å². The number of rotatable bonds is 6. The third kappa shape index (κ3) is 5.26. The van der Waals surface area contributed by atoms with Gasteiger partial charge in [-0.1, -0.05) is 71.4 Å². The van der Waals surface area contributed by atoms with Gasteiger partial charge in [-0.2, -0.15) is 4.98 Å². The number of amides is 1. The summed E-state index contributed by atoms with van der Waals surface area (Å²) in [5, 5.41) is 12.2. The monoisotopic (exact) mass is 533 g/mol. The van der Waals surface area contributed by atoms with E-state index >= 15 is 0 Å². The highest BCUT2D eigenvalue weighted by atomic mass is 35.5. The van der Waals surface area contributed by atoms with Crippen molar-refractivity contribution in [3.8, 4) is 0 Å². The normalized spacial score (nSPS) is 14.8. The van der Waals surface area contributed by atoms with Gasteiger partial charge in [0.1, 0.15) is 11.9 Å². The molecule has 0 spiro atoms. The molecule has 0 saturated carbocycles. The molecule has 1 aromatic heterocycles. The number of nitrogens with zero attached hydrogens (tertiary/aromatic N) is 3. The number of halogens is 2. The number of aromatic nitrogens is 3. The van der Waals surface area contributed by atoms with Crippen molar-refractivity contribution in [1.82, 2.24) is 14.8 Å². The van der Waals surface area contributed by atoms with E-state index in [0.717, 1.165) is 27.9 Å². The van der Waals surface area contributed by atoms with Crippen LogP contribution in [0.4, 0.5) is 16.0 Å². The van der Waals surface area contributed by atoms with Crippen LogP contribution >= 0.6 is 23.4 Å². The molecule has 2 N–H and O–H groups in total. The van der Waals surface area contributed by atoms with Crippen LogP contribution in [0.2, 0.25) is 5.02 Å². The van der Waals surface area contributed by atoms with Gasteiger partial charge < -0.3 is 10.6 Å². The van der Waals surface area contributed by atoms with Crippen LogP contribution in [-0.4, -0.2) is 20.7 Å². The summed E-state index contributed by atoms with van der Waals surface area (Å²) in [7, 11) is 0. The van der Waals surface area contributed by atoms with Gasteiger partial charge in [-0.25, -0.2) is 9.07 Å². The first kappa shape index (κ1) is 25.0. The molecule has 2 heterocycles. The summed E-state index contributed by atoms with van der Waals surface area (Å²) in [6.45, 7) is 5.80. The van der Waals surface area contributed by atoms with Gasteiger partial charge in [0.15, 0.2) is 0 Å². The number of anilines is 2. The molecule has 0 aliphatic carbocycles. The van der Waals surface area contributed by atoms with E-state index in [2.05, 4.69) is 15.6 Å². The van der Waals surface area contributed by atoms with Crippen molar-refractivity contribution in [1.29, 1.82) is 0 Å². The average Bonchev–Trinajstić information content (AvgIpc) is 3.27. The number of hydrogen-bond donors (Lipinski definition) is 2. The fourth-order valence-electron chi connectivity index (χ4n) is 4.34. The molecule has 1 unspecified atom stereocenters. The number of nitrogens with one attached hydrogen (secondary N) is 2. The number of carbonyl (C=O) groups excluding carboxylic acids is 1. The third-order valence-electron chi connectivity index (χ3n) is 6.21. The Kier molecular flexibility index (Phi) is 7.04. The second-order valence-corrected chi connectivity index (χ2v) is 10.3. The minimum atomic E-state index is -0.593. The van der Waals surface area contributed by atoms with E-state index in [4.69, 9.17) is 16.7 Å². The molecular formula is C28H25ClFN5OS. The molecule has 37 heavy (non-hydrogen) atoms. The van der Waals surface area contributed by atoms with E-state index in [0.29, 0.717) is 33.2 Å². The zero-order valence-electron chi connectivity index (χ0n) is 20.5. The Hall–Kier alpha value is -3.62. The zero-order valence-corrected chi connectivity index (χ0v) is 22.1. The van der Waals surface area contributed by atoms with Crippen LogP contribution in [0.3, 0.4) is 0 Å². The highest BCUT2D eigenvalue weighted by Gasteiger charge is 2.34. The lowest BCUT2D eigenvalue weighted by atomic mass is 9.95. The van der Waals surface area contributed by atoms with Crippen molar-refractivity contribution in [2.24, 2.45) is 0 Å². The van der Waals surface area contributed by atoms with Crippen LogP contribution in [0.5, 0.6) is 0 Å². The Balaban J connectivity index is 1.50. The first-order chi connectivity index (χ1) is 17.8. The molecule has 0 radical (unpaired) electrons. The lowest BCUT2D eigenvalue weighted by Crippen LogP contribution is -2.31. The third-order valence-corrected chi connectivity index (χ3v) is 7.46. The van der Waals surface area contributed by atoms with Gasteiger partial charge in [-0.3, -0.25) is 4.79 Å². The van der Waals surface area contributed by atoms with E-state index < -0.39 is 6.04 Å². The Labute approximate surface area is 224 Å². The van der Waals surface area contributed by atoms with Crippen LogP contribution in [0.15, 0.2) is 83.2 Å². The van der Waals surface area contributed by atoms with Crippen molar-refractivity contribution in [2.45, 2.75) is 37.7 Å². The quantitative estimate of drug-likeness (QED) is 0.263. The maximum absolute atomic E-state index is 13.8. The molecule has 1 aliphatic heterocycles. The lowest BCUT2D eigenvalue weighted by molar-refractivity contribution is -0.113. The maximum atomic E-state index is 13.8. The van der Waals surface area contributed by atoms with E-state index in [-0.39, 0.29) is 11.7 Å². The predicted octanol–water partition coefficient (Wildman–Crippen LogP) is 6.91. The Bertz CT molecular complexity index is 1520. The molecular weight excluding hydrogens is 509 g/mol. The summed E-state index contributed by atoms with van der Waals surface area (Å²) in [5.74, 6) is 0.486. The van der Waals surface area contributed by atoms with E-state index in [1.807, 2.05) is 63.2 Å². The fraction of sp³-hybridized carbons (Fsp3) is 0.179. The average molecular weight is 534 g/mol. The molecule has 1 aliphatic rings. The molecule has 0 bridgehead atoms. The number of allylic oxidation sites excluding steroid dienone is 1. The summed E-state index contributed by atoms with van der Waals surface area (Å²) in [6, 6.07) is 19.0. The molecule has 0 saturated heterocycles. The summed E-state index contributed by atoms with van der Waals surface area (Å²) in [5.41, 5.74) is 5.64. The molecule has 6 nitrogen and oxygen atoms in total. The van der Waals surface area contributed by atoms with Gasteiger partial charge in [-0.15, -0.1) is 5.10 Å². The number of fused-ring (bicyclic) bond motifs is 1. The van der Waals surface area contributed by atoms with Crippen LogP contribution in [0, 0.1) is 19.7 Å². The summed E-state index contributed by atoms with van der Waals surface area (Å²) in [6.07, 6.45) is 0. The largest absolute Gasteiger partial charge is 0.328 e. The second kappa shape index (κ2) is 10.4. The molecule has 3 aromatic carbocycles. The summed E-state index contributed by atoms with van der Waals surface area (Å²) < 4.78 is 15.5. The Morgan fingerprint density at radius 1 is 1.11 bits per heavy atom. The molecule has 1 atom stereocenters. The van der Waals surface area contributed by atoms with Gasteiger partial charge in [0.25, 0.3) is 5.91 Å². The van der Waals surface area contributed by atoms with Crippen molar-refractivity contribution in [2.75, 3.05) is 10.6 Å². The van der Waals surface area contributed by atoms with Crippen molar-refractivity contribution < 1.29 is 9.18 Å². The SMILES string of the molecule is CC1=C(C(=O)Nc2ccc(C)cc2C)C(c2ccc(F)cc2)n2nc(SCc3ccccc3Cl)nc2N1. The summed E-state index contributed by atoms with van der Waals surface area (Å²) in [4.78, 5) is 18.3. The number of carbonyl (C=O) groups is 1. The number of hydrogen-bond acceptors (Lipinski definition) is 5. The lowest BCUT2D eigenvalue weighted by Gasteiger charge is -2.28.